The molecule has 0 aliphatic rings. The molecule has 0 unspecified atom stereocenters. The van der Waals surface area contributed by atoms with Gasteiger partial charge in [-0.3, -0.25) is 0 Å². The van der Waals surface area contributed by atoms with Gasteiger partial charge >= 0.3 is 0 Å². The highest BCUT2D eigenvalue weighted by molar-refractivity contribution is 5.56. The first-order chi connectivity index (χ1) is 11.2. The van der Waals surface area contributed by atoms with Crippen LogP contribution >= 0.6 is 0 Å². The van der Waals surface area contributed by atoms with E-state index in [-0.39, 0.29) is 12.0 Å². The normalized spacial score (nSPS) is 11.3. The number of ether oxygens (including phenoxy) is 1. The van der Waals surface area contributed by atoms with E-state index in [1.165, 1.54) is 0 Å². The van der Waals surface area contributed by atoms with Crippen molar-refractivity contribution in [3.8, 4) is 23.1 Å². The van der Waals surface area contributed by atoms with Gasteiger partial charge in [0, 0.05) is 18.6 Å². The van der Waals surface area contributed by atoms with Crippen molar-refractivity contribution in [1.29, 1.82) is 0 Å². The van der Waals surface area contributed by atoms with Crippen molar-refractivity contribution in [3.05, 3.63) is 36.2 Å². The summed E-state index contributed by atoms with van der Waals surface area (Å²) in [6, 6.07) is 9.57. The molecule has 2 aromatic heterocycles. The van der Waals surface area contributed by atoms with Crippen LogP contribution in [0.15, 0.2) is 39.4 Å². The molecular formula is C16H18N4O3. The Balaban J connectivity index is 1.63. The molecule has 0 fully saturated rings. The minimum Gasteiger partial charge on any atom is -0.379 e. The summed E-state index contributed by atoms with van der Waals surface area (Å²) in [5, 5.41) is 7.82. The summed E-state index contributed by atoms with van der Waals surface area (Å²) in [6.45, 7) is 4.67. The first-order valence-corrected chi connectivity index (χ1v) is 7.56. The van der Waals surface area contributed by atoms with E-state index in [1.807, 2.05) is 44.2 Å². The lowest BCUT2D eigenvalue weighted by molar-refractivity contribution is 0.0761. The van der Waals surface area contributed by atoms with Crippen molar-refractivity contribution in [3.63, 3.8) is 0 Å². The zero-order valence-corrected chi connectivity index (χ0v) is 13.1. The molecule has 120 valence electrons. The third-order valence-electron chi connectivity index (χ3n) is 3.10. The fourth-order valence-corrected chi connectivity index (χ4v) is 2.00. The van der Waals surface area contributed by atoms with Crippen LogP contribution in [0, 0.1) is 0 Å². The molecule has 0 saturated heterocycles. The van der Waals surface area contributed by atoms with Gasteiger partial charge < -0.3 is 13.8 Å². The predicted octanol–water partition coefficient (Wildman–Crippen LogP) is 3.14. The quantitative estimate of drug-likeness (QED) is 0.619. The first-order valence-electron chi connectivity index (χ1n) is 7.56. The highest BCUT2D eigenvalue weighted by Crippen LogP contribution is 2.20. The van der Waals surface area contributed by atoms with E-state index in [1.54, 1.807) is 0 Å². The van der Waals surface area contributed by atoms with Crippen LogP contribution in [0.3, 0.4) is 0 Å². The number of benzene rings is 1. The number of hydrogen-bond acceptors (Lipinski definition) is 7. The molecule has 0 aliphatic heterocycles. The Morgan fingerprint density at radius 3 is 2.57 bits per heavy atom. The Kier molecular flexibility index (Phi) is 4.77. The molecular weight excluding hydrogens is 296 g/mol. The molecule has 0 spiro atoms. The predicted molar refractivity (Wildman–Crippen MR) is 82.4 cm³/mol. The second-order valence-electron chi connectivity index (χ2n) is 5.32. The van der Waals surface area contributed by atoms with Crippen LogP contribution in [0.5, 0.6) is 0 Å². The van der Waals surface area contributed by atoms with Crippen molar-refractivity contribution in [2.24, 2.45) is 0 Å². The zero-order chi connectivity index (χ0) is 16.1. The molecule has 0 saturated carbocycles. The van der Waals surface area contributed by atoms with E-state index in [2.05, 4.69) is 20.3 Å². The molecule has 0 bridgehead atoms. The minimum absolute atomic E-state index is 0.225. The van der Waals surface area contributed by atoms with Crippen molar-refractivity contribution < 1.29 is 13.8 Å². The van der Waals surface area contributed by atoms with Crippen molar-refractivity contribution in [2.75, 3.05) is 6.61 Å². The first kappa shape index (κ1) is 15.4. The smallest absolute Gasteiger partial charge is 0.299 e. The number of hydrogen-bond donors (Lipinski definition) is 0. The molecule has 7 heteroatoms. The summed E-state index contributed by atoms with van der Waals surface area (Å²) in [4.78, 5) is 8.57. The lowest BCUT2D eigenvalue weighted by Gasteiger charge is -2.04. The number of aromatic nitrogens is 4. The van der Waals surface area contributed by atoms with E-state index in [0.717, 1.165) is 12.0 Å². The van der Waals surface area contributed by atoms with E-state index >= 15 is 0 Å². The number of rotatable bonds is 7. The van der Waals surface area contributed by atoms with Crippen LogP contribution in [0.1, 0.15) is 26.2 Å². The maximum Gasteiger partial charge on any atom is 0.299 e. The Hall–Kier alpha value is -2.54. The third-order valence-corrected chi connectivity index (χ3v) is 3.10. The number of nitrogens with zero attached hydrogens (tertiary/aromatic N) is 4. The fourth-order valence-electron chi connectivity index (χ4n) is 2.00. The van der Waals surface area contributed by atoms with Gasteiger partial charge in [0.25, 0.3) is 11.7 Å². The van der Waals surface area contributed by atoms with Crippen LogP contribution in [0.4, 0.5) is 0 Å². The van der Waals surface area contributed by atoms with Gasteiger partial charge in [-0.1, -0.05) is 40.6 Å². The molecule has 2 heterocycles. The summed E-state index contributed by atoms with van der Waals surface area (Å²) in [5.41, 5.74) is 0.872. The lowest BCUT2D eigenvalue weighted by Crippen LogP contribution is -2.04. The molecule has 7 nitrogen and oxygen atoms in total. The summed E-state index contributed by atoms with van der Waals surface area (Å²) in [7, 11) is 0. The Morgan fingerprint density at radius 1 is 1.00 bits per heavy atom. The summed E-state index contributed by atoms with van der Waals surface area (Å²) < 4.78 is 15.9. The maximum absolute atomic E-state index is 5.48. The van der Waals surface area contributed by atoms with Crippen LogP contribution in [-0.4, -0.2) is 33.0 Å². The van der Waals surface area contributed by atoms with Crippen LogP contribution < -0.4 is 0 Å². The van der Waals surface area contributed by atoms with Crippen LogP contribution in [0.2, 0.25) is 0 Å². The van der Waals surface area contributed by atoms with Gasteiger partial charge in [-0.25, -0.2) is 0 Å². The molecule has 0 aliphatic carbocycles. The number of aryl methyl sites for hydroxylation is 1. The molecule has 0 radical (unpaired) electrons. The molecule has 0 N–H and O–H groups in total. The van der Waals surface area contributed by atoms with Gasteiger partial charge in [0.2, 0.25) is 11.7 Å². The van der Waals surface area contributed by atoms with Crippen molar-refractivity contribution >= 4 is 0 Å². The Morgan fingerprint density at radius 2 is 1.78 bits per heavy atom. The second-order valence-corrected chi connectivity index (χ2v) is 5.32. The SMILES string of the molecule is CC(C)OCCCc1nc(-c2nc(-c3ccccc3)no2)no1. The van der Waals surface area contributed by atoms with Gasteiger partial charge in [-0.2, -0.15) is 9.97 Å². The molecule has 3 rings (SSSR count). The average Bonchev–Trinajstić information content (AvgIpc) is 3.21. The van der Waals surface area contributed by atoms with Gasteiger partial charge in [-0.15, -0.1) is 0 Å². The van der Waals surface area contributed by atoms with Crippen molar-refractivity contribution in [2.45, 2.75) is 32.8 Å². The van der Waals surface area contributed by atoms with Crippen LogP contribution in [-0.2, 0) is 11.2 Å². The van der Waals surface area contributed by atoms with Gasteiger partial charge in [0.15, 0.2) is 0 Å². The van der Waals surface area contributed by atoms with E-state index in [9.17, 15) is 0 Å². The van der Waals surface area contributed by atoms with Gasteiger partial charge in [0.1, 0.15) is 0 Å². The van der Waals surface area contributed by atoms with Crippen LogP contribution in [0.25, 0.3) is 23.1 Å². The largest absolute Gasteiger partial charge is 0.379 e. The minimum atomic E-state index is 0.225. The zero-order valence-electron chi connectivity index (χ0n) is 13.1. The Bertz CT molecular complexity index is 737. The average molecular weight is 314 g/mol. The highest BCUT2D eigenvalue weighted by Gasteiger charge is 2.16. The second kappa shape index (κ2) is 7.15. The maximum atomic E-state index is 5.48. The van der Waals surface area contributed by atoms with E-state index < -0.39 is 0 Å². The topological polar surface area (TPSA) is 87.1 Å². The summed E-state index contributed by atoms with van der Waals surface area (Å²) >= 11 is 0. The standard InChI is InChI=1S/C16H18N4O3/c1-11(2)21-10-6-9-13-17-15(20-22-13)16-18-14(19-23-16)12-7-4-3-5-8-12/h3-5,7-8,11H,6,9-10H2,1-2H3. The monoisotopic (exact) mass is 314 g/mol. The van der Waals surface area contributed by atoms with E-state index in [4.69, 9.17) is 13.8 Å². The molecule has 0 atom stereocenters. The van der Waals surface area contributed by atoms with Gasteiger partial charge in [0.05, 0.1) is 6.10 Å². The third kappa shape index (κ3) is 4.01. The molecule has 1 aromatic carbocycles. The fraction of sp³-hybridized carbons (Fsp3) is 0.375. The Labute approximate surface area is 133 Å². The highest BCUT2D eigenvalue weighted by atomic mass is 16.5. The van der Waals surface area contributed by atoms with Gasteiger partial charge in [-0.05, 0) is 20.3 Å². The molecule has 3 aromatic rings. The van der Waals surface area contributed by atoms with E-state index in [0.29, 0.717) is 30.6 Å². The lowest BCUT2D eigenvalue weighted by atomic mass is 10.2. The molecule has 23 heavy (non-hydrogen) atoms. The van der Waals surface area contributed by atoms with Crippen molar-refractivity contribution in [1.82, 2.24) is 20.3 Å². The molecule has 0 amide bonds. The summed E-state index contributed by atoms with van der Waals surface area (Å²) in [5.74, 6) is 1.58. The summed E-state index contributed by atoms with van der Waals surface area (Å²) in [6.07, 6.45) is 1.70.